The van der Waals surface area contributed by atoms with E-state index in [2.05, 4.69) is 22.6 Å². The highest BCUT2D eigenvalue weighted by Crippen LogP contribution is 2.43. The topological polar surface area (TPSA) is 56.2 Å². The van der Waals surface area contributed by atoms with Crippen LogP contribution in [0.1, 0.15) is 31.7 Å². The second-order valence-corrected chi connectivity index (χ2v) is 6.43. The van der Waals surface area contributed by atoms with E-state index >= 15 is 0 Å². The zero-order valence-corrected chi connectivity index (χ0v) is 12.1. The van der Waals surface area contributed by atoms with Gasteiger partial charge in [0.05, 0.1) is 17.9 Å². The van der Waals surface area contributed by atoms with Gasteiger partial charge in [0.15, 0.2) is 0 Å². The average molecular weight is 287 g/mol. The second kappa shape index (κ2) is 5.30. The first-order chi connectivity index (χ1) is 10.3. The Bertz CT molecular complexity index is 560. The van der Waals surface area contributed by atoms with Crippen LogP contribution in [0.5, 0.6) is 0 Å². The Hall–Kier alpha value is -1.62. The molecular formula is C16H21N3O2. The zero-order chi connectivity index (χ0) is 14.2. The van der Waals surface area contributed by atoms with Crippen LogP contribution in [0.15, 0.2) is 24.5 Å². The van der Waals surface area contributed by atoms with E-state index in [9.17, 15) is 4.79 Å². The molecule has 0 radical (unpaired) electrons. The van der Waals surface area contributed by atoms with E-state index in [4.69, 9.17) is 4.74 Å². The van der Waals surface area contributed by atoms with Crippen molar-refractivity contribution in [1.82, 2.24) is 9.78 Å². The third-order valence-electron chi connectivity index (χ3n) is 5.05. The molecule has 4 rings (SSSR count). The minimum absolute atomic E-state index is 0.145. The highest BCUT2D eigenvalue weighted by atomic mass is 16.5. The molecular weight excluding hydrogens is 266 g/mol. The van der Waals surface area contributed by atoms with Crippen molar-refractivity contribution in [3.05, 3.63) is 24.5 Å². The van der Waals surface area contributed by atoms with Crippen LogP contribution in [0, 0.1) is 17.8 Å². The summed E-state index contributed by atoms with van der Waals surface area (Å²) < 4.78 is 7.34. The lowest BCUT2D eigenvalue weighted by Gasteiger charge is -2.22. The van der Waals surface area contributed by atoms with Gasteiger partial charge in [-0.15, -0.1) is 0 Å². The molecule has 112 valence electrons. The van der Waals surface area contributed by atoms with Gasteiger partial charge in [0.2, 0.25) is 5.91 Å². The minimum Gasteiger partial charge on any atom is -0.381 e. The summed E-state index contributed by atoms with van der Waals surface area (Å²) >= 11 is 0. The van der Waals surface area contributed by atoms with Gasteiger partial charge in [-0.2, -0.15) is 5.10 Å². The van der Waals surface area contributed by atoms with Crippen LogP contribution >= 0.6 is 0 Å². The number of hydrogen-bond donors (Lipinski definition) is 1. The summed E-state index contributed by atoms with van der Waals surface area (Å²) in [4.78, 5) is 12.4. The standard InChI is InChI=1S/C16H21N3O2/c20-16(15-8-11-1-2-12(15)7-11)18-13-9-17-19(10-13)14-3-5-21-6-4-14/h1-2,9-12,14-15H,3-8H2,(H,18,20)/t11-,12-,15-/m0/s1. The SMILES string of the molecule is O=C(Nc1cnn(C2CCOCC2)c1)[C@H]1C[C@H]2C=C[C@H]1C2. The van der Waals surface area contributed by atoms with Crippen LogP contribution in [0.3, 0.4) is 0 Å². The molecule has 2 aliphatic carbocycles. The van der Waals surface area contributed by atoms with Crippen LogP contribution in [0.25, 0.3) is 0 Å². The molecule has 1 aromatic heterocycles. The molecule has 1 aliphatic heterocycles. The summed E-state index contributed by atoms with van der Waals surface area (Å²) in [6, 6.07) is 0.398. The molecule has 0 spiro atoms. The fourth-order valence-corrected chi connectivity index (χ4v) is 3.87. The largest absolute Gasteiger partial charge is 0.381 e. The summed E-state index contributed by atoms with van der Waals surface area (Å²) in [6.07, 6.45) is 12.3. The fourth-order valence-electron chi connectivity index (χ4n) is 3.87. The van der Waals surface area contributed by atoms with Crippen LogP contribution in [0.4, 0.5) is 5.69 Å². The summed E-state index contributed by atoms with van der Waals surface area (Å²) in [5, 5.41) is 7.44. The number of ether oxygens (including phenoxy) is 1. The fraction of sp³-hybridized carbons (Fsp3) is 0.625. The molecule has 1 N–H and O–H groups in total. The molecule has 1 amide bonds. The number of anilines is 1. The van der Waals surface area contributed by atoms with Gasteiger partial charge in [-0.1, -0.05) is 12.2 Å². The predicted octanol–water partition coefficient (Wildman–Crippen LogP) is 2.39. The first-order valence-electron chi connectivity index (χ1n) is 7.90. The van der Waals surface area contributed by atoms with E-state index in [1.54, 1.807) is 6.20 Å². The Kier molecular flexibility index (Phi) is 3.30. The number of fused-ring (bicyclic) bond motifs is 2. The molecule has 3 aliphatic rings. The number of aromatic nitrogens is 2. The number of nitrogens with one attached hydrogen (secondary N) is 1. The molecule has 1 saturated heterocycles. The molecule has 2 heterocycles. The number of allylic oxidation sites excluding steroid dienone is 2. The molecule has 1 aromatic rings. The summed E-state index contributed by atoms with van der Waals surface area (Å²) in [5.41, 5.74) is 0.818. The summed E-state index contributed by atoms with van der Waals surface area (Å²) in [6.45, 7) is 1.59. The number of carbonyl (C=O) groups is 1. The number of nitrogens with zero attached hydrogens (tertiary/aromatic N) is 2. The van der Waals surface area contributed by atoms with Crippen molar-refractivity contribution >= 4 is 11.6 Å². The molecule has 0 aromatic carbocycles. The van der Waals surface area contributed by atoms with E-state index in [-0.39, 0.29) is 11.8 Å². The molecule has 3 atom stereocenters. The number of amides is 1. The molecule has 5 nitrogen and oxygen atoms in total. The van der Waals surface area contributed by atoms with Crippen molar-refractivity contribution in [3.8, 4) is 0 Å². The van der Waals surface area contributed by atoms with Gasteiger partial charge in [-0.3, -0.25) is 9.48 Å². The molecule has 2 fully saturated rings. The molecule has 21 heavy (non-hydrogen) atoms. The monoisotopic (exact) mass is 287 g/mol. The lowest BCUT2D eigenvalue weighted by Crippen LogP contribution is -2.25. The van der Waals surface area contributed by atoms with Crippen molar-refractivity contribution < 1.29 is 9.53 Å². The zero-order valence-electron chi connectivity index (χ0n) is 12.1. The average Bonchev–Trinajstić information content (AvgIpc) is 3.24. The third kappa shape index (κ3) is 2.50. The predicted molar refractivity (Wildman–Crippen MR) is 78.8 cm³/mol. The smallest absolute Gasteiger partial charge is 0.228 e. The number of hydrogen-bond acceptors (Lipinski definition) is 3. The van der Waals surface area contributed by atoms with E-state index in [0.717, 1.165) is 44.6 Å². The Morgan fingerprint density at radius 2 is 2.14 bits per heavy atom. The summed E-state index contributed by atoms with van der Waals surface area (Å²) in [5.74, 6) is 1.36. The highest BCUT2D eigenvalue weighted by molar-refractivity contribution is 5.93. The minimum atomic E-state index is 0.145. The maximum absolute atomic E-state index is 12.4. The quantitative estimate of drug-likeness (QED) is 0.868. The van der Waals surface area contributed by atoms with Crippen LogP contribution in [-0.4, -0.2) is 28.9 Å². The Labute approximate surface area is 124 Å². The normalized spacial score (nSPS) is 31.7. The van der Waals surface area contributed by atoms with Gasteiger partial charge in [0.1, 0.15) is 0 Å². The van der Waals surface area contributed by atoms with E-state index in [1.165, 1.54) is 0 Å². The first kappa shape index (κ1) is 13.1. The van der Waals surface area contributed by atoms with Gasteiger partial charge in [-0.25, -0.2) is 0 Å². The maximum Gasteiger partial charge on any atom is 0.228 e. The van der Waals surface area contributed by atoms with Crippen LogP contribution in [0.2, 0.25) is 0 Å². The van der Waals surface area contributed by atoms with Gasteiger partial charge in [-0.05, 0) is 37.5 Å². The van der Waals surface area contributed by atoms with Crippen molar-refractivity contribution in [2.24, 2.45) is 17.8 Å². The van der Waals surface area contributed by atoms with Crippen molar-refractivity contribution in [2.75, 3.05) is 18.5 Å². The number of rotatable bonds is 3. The Balaban J connectivity index is 1.39. The first-order valence-corrected chi connectivity index (χ1v) is 7.90. The van der Waals surface area contributed by atoms with Crippen LogP contribution < -0.4 is 5.32 Å². The van der Waals surface area contributed by atoms with Gasteiger partial charge in [0.25, 0.3) is 0 Å². The van der Waals surface area contributed by atoms with Gasteiger partial charge >= 0.3 is 0 Å². The number of carbonyl (C=O) groups excluding carboxylic acids is 1. The van der Waals surface area contributed by atoms with Gasteiger partial charge < -0.3 is 10.1 Å². The summed E-state index contributed by atoms with van der Waals surface area (Å²) in [7, 11) is 0. The Morgan fingerprint density at radius 1 is 1.29 bits per heavy atom. The maximum atomic E-state index is 12.4. The lowest BCUT2D eigenvalue weighted by molar-refractivity contribution is -0.120. The Morgan fingerprint density at radius 3 is 2.86 bits per heavy atom. The van der Waals surface area contributed by atoms with Gasteiger partial charge in [0, 0.05) is 25.3 Å². The lowest BCUT2D eigenvalue weighted by atomic mass is 9.93. The molecule has 5 heteroatoms. The van der Waals surface area contributed by atoms with E-state index < -0.39 is 0 Å². The van der Waals surface area contributed by atoms with E-state index in [1.807, 2.05) is 10.9 Å². The molecule has 1 saturated carbocycles. The van der Waals surface area contributed by atoms with Crippen molar-refractivity contribution in [1.29, 1.82) is 0 Å². The van der Waals surface area contributed by atoms with Crippen molar-refractivity contribution in [2.45, 2.75) is 31.7 Å². The van der Waals surface area contributed by atoms with Crippen molar-refractivity contribution in [3.63, 3.8) is 0 Å². The highest BCUT2D eigenvalue weighted by Gasteiger charge is 2.39. The van der Waals surface area contributed by atoms with Crippen LogP contribution in [-0.2, 0) is 9.53 Å². The van der Waals surface area contributed by atoms with E-state index in [0.29, 0.717) is 17.9 Å². The third-order valence-corrected chi connectivity index (χ3v) is 5.05. The second-order valence-electron chi connectivity index (χ2n) is 6.43. The molecule has 0 unspecified atom stereocenters. The molecule has 2 bridgehead atoms.